The fourth-order valence-electron chi connectivity index (χ4n) is 2.43. The van der Waals surface area contributed by atoms with Crippen molar-refractivity contribution < 1.29 is 14.1 Å². The molecule has 0 N–H and O–H groups in total. The second-order valence-corrected chi connectivity index (χ2v) is 6.01. The van der Waals surface area contributed by atoms with E-state index in [1.54, 1.807) is 18.2 Å². The molecule has 0 radical (unpaired) electrons. The molecule has 0 bridgehead atoms. The number of nitro groups is 1. The molecule has 0 fully saturated rings. The van der Waals surface area contributed by atoms with Gasteiger partial charge < -0.3 is 4.74 Å². The highest BCUT2D eigenvalue weighted by Gasteiger charge is 2.28. The summed E-state index contributed by atoms with van der Waals surface area (Å²) >= 11 is 0. The van der Waals surface area contributed by atoms with Gasteiger partial charge in [-0.05, 0) is 55.3 Å². The minimum absolute atomic E-state index is 0.0118. The summed E-state index contributed by atoms with van der Waals surface area (Å²) in [7, 11) is 0. The number of non-ortho nitro benzene ring substituents is 1. The van der Waals surface area contributed by atoms with Crippen molar-refractivity contribution in [3.8, 4) is 11.1 Å². The van der Waals surface area contributed by atoms with E-state index in [4.69, 9.17) is 4.74 Å². The summed E-state index contributed by atoms with van der Waals surface area (Å²) < 4.78 is 19.3. The lowest BCUT2D eigenvalue weighted by Gasteiger charge is -2.10. The molecule has 2 aromatic rings. The molecule has 3 rings (SSSR count). The van der Waals surface area contributed by atoms with E-state index >= 15 is 0 Å². The smallest absolute Gasteiger partial charge is 0.269 e. The van der Waals surface area contributed by atoms with Crippen molar-refractivity contribution in [1.82, 2.24) is 0 Å². The van der Waals surface area contributed by atoms with E-state index in [1.165, 1.54) is 24.3 Å². The zero-order valence-electron chi connectivity index (χ0n) is 12.7. The first kappa shape index (κ1) is 15.1. The summed E-state index contributed by atoms with van der Waals surface area (Å²) in [6.07, 6.45) is 0. The highest BCUT2D eigenvalue weighted by atomic mass is 19.1. The number of nitrogens with zero attached hydrogens (tertiary/aromatic N) is 2. The molecule has 1 heterocycles. The van der Waals surface area contributed by atoms with Gasteiger partial charge in [-0.3, -0.25) is 10.1 Å². The molecular formula is C17H15FN2O3. The van der Waals surface area contributed by atoms with E-state index in [2.05, 4.69) is 4.99 Å². The molecule has 118 valence electrons. The van der Waals surface area contributed by atoms with Crippen molar-refractivity contribution in [3.05, 3.63) is 64.0 Å². The first-order valence-electron chi connectivity index (χ1n) is 7.13. The Morgan fingerprint density at radius 1 is 1.17 bits per heavy atom. The number of benzene rings is 2. The predicted molar refractivity (Wildman–Crippen MR) is 85.1 cm³/mol. The largest absolute Gasteiger partial charge is 0.475 e. The van der Waals surface area contributed by atoms with Crippen molar-refractivity contribution in [3.63, 3.8) is 0 Å². The Morgan fingerprint density at radius 3 is 2.43 bits per heavy atom. The third-order valence-corrected chi connectivity index (χ3v) is 3.57. The summed E-state index contributed by atoms with van der Waals surface area (Å²) in [5.41, 5.74) is 1.60. The summed E-state index contributed by atoms with van der Waals surface area (Å²) in [4.78, 5) is 14.8. The zero-order chi connectivity index (χ0) is 16.6. The van der Waals surface area contributed by atoms with E-state index < -0.39 is 4.92 Å². The number of hydrogen-bond donors (Lipinski definition) is 0. The molecule has 0 saturated heterocycles. The Morgan fingerprint density at radius 2 is 1.87 bits per heavy atom. The molecule has 0 amide bonds. The van der Waals surface area contributed by atoms with Gasteiger partial charge in [0.2, 0.25) is 5.90 Å². The van der Waals surface area contributed by atoms with Gasteiger partial charge in [-0.2, -0.15) is 0 Å². The average molecular weight is 314 g/mol. The van der Waals surface area contributed by atoms with Crippen LogP contribution in [0.25, 0.3) is 11.1 Å². The number of rotatable bonds is 3. The molecule has 5 nitrogen and oxygen atoms in total. The first-order valence-corrected chi connectivity index (χ1v) is 7.13. The van der Waals surface area contributed by atoms with Crippen molar-refractivity contribution in [1.29, 1.82) is 0 Å². The minimum atomic E-state index is -0.469. The van der Waals surface area contributed by atoms with Crippen LogP contribution < -0.4 is 0 Å². The van der Waals surface area contributed by atoms with Crippen LogP contribution in [0.4, 0.5) is 10.1 Å². The number of nitro benzene ring substituents is 1. The molecule has 1 aliphatic heterocycles. The van der Waals surface area contributed by atoms with Gasteiger partial charge in [0.05, 0.1) is 10.5 Å². The normalized spacial score (nSPS) is 15.9. The Kier molecular flexibility index (Phi) is 3.60. The molecule has 6 heteroatoms. The highest BCUT2D eigenvalue weighted by molar-refractivity contribution is 6.01. The Bertz CT molecular complexity index is 798. The lowest BCUT2D eigenvalue weighted by molar-refractivity contribution is -0.384. The average Bonchev–Trinajstić information content (AvgIpc) is 2.87. The third kappa shape index (κ3) is 3.06. The fraction of sp³-hybridized carbons (Fsp3) is 0.235. The molecule has 23 heavy (non-hydrogen) atoms. The van der Waals surface area contributed by atoms with E-state index in [0.717, 1.165) is 0 Å². The molecule has 0 aromatic heterocycles. The van der Waals surface area contributed by atoms with Crippen molar-refractivity contribution >= 4 is 11.6 Å². The van der Waals surface area contributed by atoms with E-state index in [1.807, 2.05) is 13.8 Å². The SMILES string of the molecule is CC1(C)COC(c2ccc(F)cc2-c2ccc([N+](=O)[O-])cc2)=N1. The number of halogens is 1. The van der Waals surface area contributed by atoms with E-state index in [-0.39, 0.29) is 17.0 Å². The van der Waals surface area contributed by atoms with E-state index in [0.29, 0.717) is 29.2 Å². The van der Waals surface area contributed by atoms with Crippen LogP contribution in [0, 0.1) is 15.9 Å². The van der Waals surface area contributed by atoms with Crippen LogP contribution in [0.3, 0.4) is 0 Å². The molecule has 1 aliphatic rings. The maximum atomic E-state index is 13.7. The van der Waals surface area contributed by atoms with Crippen molar-refractivity contribution in [2.75, 3.05) is 6.61 Å². The molecule has 0 atom stereocenters. The predicted octanol–water partition coefficient (Wildman–Crippen LogP) is 3.96. The topological polar surface area (TPSA) is 64.7 Å². The van der Waals surface area contributed by atoms with Crippen molar-refractivity contribution in [2.24, 2.45) is 4.99 Å². The number of aliphatic imine (C=N–C) groups is 1. The van der Waals surface area contributed by atoms with Crippen LogP contribution in [-0.2, 0) is 4.74 Å². The second-order valence-electron chi connectivity index (χ2n) is 6.01. The fourth-order valence-corrected chi connectivity index (χ4v) is 2.43. The molecule has 0 spiro atoms. The number of hydrogen-bond acceptors (Lipinski definition) is 4. The first-order chi connectivity index (χ1) is 10.9. The van der Waals surface area contributed by atoms with Gasteiger partial charge in [-0.1, -0.05) is 0 Å². The van der Waals surface area contributed by atoms with Crippen LogP contribution >= 0.6 is 0 Å². The van der Waals surface area contributed by atoms with Crippen LogP contribution in [0.5, 0.6) is 0 Å². The van der Waals surface area contributed by atoms with Crippen LogP contribution in [0.15, 0.2) is 47.5 Å². The van der Waals surface area contributed by atoms with Gasteiger partial charge in [0, 0.05) is 17.7 Å². The lowest BCUT2D eigenvalue weighted by atomic mass is 9.99. The Labute approximate surface area is 132 Å². The van der Waals surface area contributed by atoms with Gasteiger partial charge in [-0.25, -0.2) is 9.38 Å². The van der Waals surface area contributed by atoms with Gasteiger partial charge in [0.25, 0.3) is 5.69 Å². The van der Waals surface area contributed by atoms with Crippen molar-refractivity contribution in [2.45, 2.75) is 19.4 Å². The second kappa shape index (κ2) is 5.46. The highest BCUT2D eigenvalue weighted by Crippen LogP contribution is 2.30. The Balaban J connectivity index is 2.08. The lowest BCUT2D eigenvalue weighted by Crippen LogP contribution is -2.17. The van der Waals surface area contributed by atoms with Gasteiger partial charge in [0.1, 0.15) is 12.4 Å². The van der Waals surface area contributed by atoms with Crippen LogP contribution in [0.2, 0.25) is 0 Å². The van der Waals surface area contributed by atoms with Crippen LogP contribution in [-0.4, -0.2) is 23.0 Å². The van der Waals surface area contributed by atoms with Gasteiger partial charge in [-0.15, -0.1) is 0 Å². The quantitative estimate of drug-likeness (QED) is 0.636. The molecular weight excluding hydrogens is 299 g/mol. The summed E-state index contributed by atoms with van der Waals surface area (Å²) in [5, 5.41) is 10.8. The third-order valence-electron chi connectivity index (χ3n) is 3.57. The zero-order valence-corrected chi connectivity index (χ0v) is 12.7. The number of ether oxygens (including phenoxy) is 1. The summed E-state index contributed by atoms with van der Waals surface area (Å²) in [6.45, 7) is 4.36. The molecule has 0 saturated carbocycles. The molecule has 2 aromatic carbocycles. The van der Waals surface area contributed by atoms with Gasteiger partial charge >= 0.3 is 0 Å². The maximum absolute atomic E-state index is 13.7. The van der Waals surface area contributed by atoms with E-state index in [9.17, 15) is 14.5 Å². The Hall–Kier alpha value is -2.76. The standard InChI is InChI=1S/C17H15FN2O3/c1-17(2)10-23-16(19-17)14-8-5-12(18)9-15(14)11-3-6-13(7-4-11)20(21)22/h3-9H,10H2,1-2H3. The summed E-state index contributed by atoms with van der Waals surface area (Å²) in [6, 6.07) is 10.3. The minimum Gasteiger partial charge on any atom is -0.475 e. The summed E-state index contributed by atoms with van der Waals surface area (Å²) in [5.74, 6) is 0.0725. The molecule has 0 unspecified atom stereocenters. The monoisotopic (exact) mass is 314 g/mol. The van der Waals surface area contributed by atoms with Crippen LogP contribution in [0.1, 0.15) is 19.4 Å². The molecule has 0 aliphatic carbocycles. The maximum Gasteiger partial charge on any atom is 0.269 e. The van der Waals surface area contributed by atoms with Gasteiger partial charge in [0.15, 0.2) is 0 Å².